The summed E-state index contributed by atoms with van der Waals surface area (Å²) in [7, 11) is 1.62. The molecular weight excluding hydrogens is 363 g/mol. The van der Waals surface area contributed by atoms with Gasteiger partial charge in [-0.3, -0.25) is 0 Å². The van der Waals surface area contributed by atoms with Crippen LogP contribution in [0.15, 0.2) is 45.8 Å². The van der Waals surface area contributed by atoms with Crippen LogP contribution in [0.5, 0.6) is 0 Å². The van der Waals surface area contributed by atoms with Gasteiger partial charge >= 0.3 is 0 Å². The molecule has 1 N–H and O–H groups in total. The third-order valence-electron chi connectivity index (χ3n) is 3.02. The van der Waals surface area contributed by atoms with Gasteiger partial charge in [0.25, 0.3) is 0 Å². The normalized spacial score (nSPS) is 12.4. The van der Waals surface area contributed by atoms with E-state index in [1.54, 1.807) is 25.2 Å². The minimum atomic E-state index is -0.636. The summed E-state index contributed by atoms with van der Waals surface area (Å²) in [5.74, 6) is -1.29. The Morgan fingerprint density at radius 2 is 1.81 bits per heavy atom. The fourth-order valence-electron chi connectivity index (χ4n) is 1.91. The van der Waals surface area contributed by atoms with Crippen molar-refractivity contribution in [2.45, 2.75) is 10.9 Å². The minimum Gasteiger partial charge on any atom is -0.312 e. The molecule has 0 aliphatic carbocycles. The van der Waals surface area contributed by atoms with Crippen LogP contribution in [0, 0.1) is 17.5 Å². The molecule has 0 aromatic heterocycles. The average Bonchev–Trinajstić information content (AvgIpc) is 2.48. The highest BCUT2D eigenvalue weighted by Crippen LogP contribution is 2.31. The van der Waals surface area contributed by atoms with Gasteiger partial charge in [0.2, 0.25) is 0 Å². The van der Waals surface area contributed by atoms with Crippen LogP contribution >= 0.6 is 27.7 Å². The smallest absolute Gasteiger partial charge is 0.145 e. The van der Waals surface area contributed by atoms with Crippen LogP contribution in [0.4, 0.5) is 13.2 Å². The Balaban J connectivity index is 2.22. The fraction of sp³-hybridized carbons (Fsp3) is 0.200. The zero-order valence-electron chi connectivity index (χ0n) is 11.2. The molecule has 0 radical (unpaired) electrons. The molecule has 1 nitrogen and oxygen atoms in total. The van der Waals surface area contributed by atoms with E-state index in [0.29, 0.717) is 10.6 Å². The summed E-state index contributed by atoms with van der Waals surface area (Å²) in [6.45, 7) is 0. The van der Waals surface area contributed by atoms with Crippen LogP contribution in [0.25, 0.3) is 0 Å². The molecule has 0 bridgehead atoms. The number of rotatable bonds is 5. The van der Waals surface area contributed by atoms with Gasteiger partial charge in [0, 0.05) is 22.3 Å². The molecule has 0 saturated heterocycles. The van der Waals surface area contributed by atoms with E-state index in [0.717, 1.165) is 0 Å². The van der Waals surface area contributed by atoms with Crippen molar-refractivity contribution in [2.75, 3.05) is 12.8 Å². The number of nitrogens with one attached hydrogen (secondary N) is 1. The summed E-state index contributed by atoms with van der Waals surface area (Å²) in [4.78, 5) is 0.452. The van der Waals surface area contributed by atoms with Crippen LogP contribution in [0.2, 0.25) is 0 Å². The van der Waals surface area contributed by atoms with E-state index in [1.807, 2.05) is 0 Å². The first-order valence-corrected chi connectivity index (χ1v) is 8.00. The lowest BCUT2D eigenvalue weighted by molar-refractivity contribution is 0.510. The van der Waals surface area contributed by atoms with Gasteiger partial charge in [0.15, 0.2) is 0 Å². The van der Waals surface area contributed by atoms with Crippen LogP contribution in [-0.4, -0.2) is 12.8 Å². The van der Waals surface area contributed by atoms with E-state index < -0.39 is 17.7 Å². The number of hydrogen-bond acceptors (Lipinski definition) is 2. The lowest BCUT2D eigenvalue weighted by Crippen LogP contribution is -2.21. The topological polar surface area (TPSA) is 12.0 Å². The Hall–Kier alpha value is -0.980. The highest BCUT2D eigenvalue weighted by molar-refractivity contribution is 9.10. The van der Waals surface area contributed by atoms with E-state index >= 15 is 0 Å². The van der Waals surface area contributed by atoms with Crippen molar-refractivity contribution in [3.63, 3.8) is 0 Å². The first-order valence-electron chi connectivity index (χ1n) is 6.22. The molecule has 0 aliphatic heterocycles. The van der Waals surface area contributed by atoms with E-state index in [2.05, 4.69) is 21.2 Å². The first-order chi connectivity index (χ1) is 10.0. The minimum absolute atomic E-state index is 0.0456. The monoisotopic (exact) mass is 375 g/mol. The second kappa shape index (κ2) is 7.33. The largest absolute Gasteiger partial charge is 0.312 e. The number of thioether (sulfide) groups is 1. The molecule has 2 aromatic rings. The maximum atomic E-state index is 14.1. The highest BCUT2D eigenvalue weighted by Gasteiger charge is 2.21. The second-order valence-corrected chi connectivity index (χ2v) is 6.26. The van der Waals surface area contributed by atoms with Gasteiger partial charge in [-0.2, -0.15) is 0 Å². The summed E-state index contributed by atoms with van der Waals surface area (Å²) in [5, 5.41) is 2.87. The summed E-state index contributed by atoms with van der Waals surface area (Å²) < 4.78 is 41.8. The Bertz CT molecular complexity index is 636. The summed E-state index contributed by atoms with van der Waals surface area (Å²) >= 11 is 4.26. The summed E-state index contributed by atoms with van der Waals surface area (Å²) in [6, 6.07) is 8.29. The van der Waals surface area contributed by atoms with Gasteiger partial charge in [0.05, 0.1) is 4.47 Å². The van der Waals surface area contributed by atoms with Gasteiger partial charge in [-0.1, -0.05) is 12.1 Å². The molecule has 0 saturated carbocycles. The van der Waals surface area contributed by atoms with E-state index in [1.165, 1.54) is 30.0 Å². The predicted octanol–water partition coefficient (Wildman–Crippen LogP) is 4.92. The SMILES string of the molecule is CNC(CSc1ccccc1F)c1c(F)ccc(Br)c1F. The average molecular weight is 376 g/mol. The van der Waals surface area contributed by atoms with Crippen LogP contribution in [0.1, 0.15) is 11.6 Å². The molecule has 6 heteroatoms. The van der Waals surface area contributed by atoms with Crippen molar-refractivity contribution in [1.29, 1.82) is 0 Å². The molecule has 0 heterocycles. The van der Waals surface area contributed by atoms with Crippen molar-refractivity contribution in [2.24, 2.45) is 0 Å². The quantitative estimate of drug-likeness (QED) is 0.587. The molecule has 0 spiro atoms. The molecule has 1 unspecified atom stereocenters. The maximum Gasteiger partial charge on any atom is 0.145 e. The van der Waals surface area contributed by atoms with Gasteiger partial charge in [0.1, 0.15) is 17.5 Å². The molecule has 2 rings (SSSR count). The van der Waals surface area contributed by atoms with Crippen molar-refractivity contribution in [3.05, 3.63) is 63.9 Å². The summed E-state index contributed by atoms with van der Waals surface area (Å²) in [6.07, 6.45) is 0. The van der Waals surface area contributed by atoms with E-state index in [-0.39, 0.29) is 15.9 Å². The van der Waals surface area contributed by atoms with Gasteiger partial charge < -0.3 is 5.32 Å². The Morgan fingerprint density at radius 1 is 1.10 bits per heavy atom. The van der Waals surface area contributed by atoms with Crippen molar-refractivity contribution in [3.8, 4) is 0 Å². The van der Waals surface area contributed by atoms with E-state index in [4.69, 9.17) is 0 Å². The van der Waals surface area contributed by atoms with E-state index in [9.17, 15) is 13.2 Å². The standard InChI is InChI=1S/C15H13BrF3NS/c1-20-12(8-21-13-5-3-2-4-10(13)17)14-11(18)7-6-9(16)15(14)19/h2-7,12,20H,8H2,1H3. The Kier molecular flexibility index (Phi) is 5.72. The third kappa shape index (κ3) is 3.81. The third-order valence-corrected chi connectivity index (χ3v) is 4.77. The molecule has 112 valence electrons. The number of benzene rings is 2. The fourth-order valence-corrected chi connectivity index (χ4v) is 3.31. The molecule has 0 aliphatic rings. The Labute approximate surface area is 134 Å². The molecule has 1 atom stereocenters. The molecule has 21 heavy (non-hydrogen) atoms. The van der Waals surface area contributed by atoms with Crippen LogP contribution in [0.3, 0.4) is 0 Å². The van der Waals surface area contributed by atoms with Crippen LogP contribution in [-0.2, 0) is 0 Å². The van der Waals surface area contributed by atoms with Crippen molar-refractivity contribution in [1.82, 2.24) is 5.32 Å². The summed E-state index contributed by atoms with van der Waals surface area (Å²) in [5.41, 5.74) is -0.0456. The maximum absolute atomic E-state index is 14.1. The van der Waals surface area contributed by atoms with Gasteiger partial charge in [-0.15, -0.1) is 11.8 Å². The van der Waals surface area contributed by atoms with Gasteiger partial charge in [-0.05, 0) is 47.2 Å². The molecule has 2 aromatic carbocycles. The molecule has 0 amide bonds. The van der Waals surface area contributed by atoms with Crippen LogP contribution < -0.4 is 5.32 Å². The zero-order valence-corrected chi connectivity index (χ0v) is 13.6. The first kappa shape index (κ1) is 16.4. The van der Waals surface area contributed by atoms with Crippen molar-refractivity contribution >= 4 is 27.7 Å². The number of halogens is 4. The highest BCUT2D eigenvalue weighted by atomic mass is 79.9. The molecule has 0 fully saturated rings. The van der Waals surface area contributed by atoms with Crippen molar-refractivity contribution < 1.29 is 13.2 Å². The number of hydrogen-bond donors (Lipinski definition) is 1. The zero-order chi connectivity index (χ0) is 15.4. The second-order valence-electron chi connectivity index (χ2n) is 4.34. The van der Waals surface area contributed by atoms with Gasteiger partial charge in [-0.25, -0.2) is 13.2 Å². The predicted molar refractivity (Wildman–Crippen MR) is 83.0 cm³/mol. The molecular formula is C15H13BrF3NS. The lowest BCUT2D eigenvalue weighted by atomic mass is 10.1. The Morgan fingerprint density at radius 3 is 2.48 bits per heavy atom. The lowest BCUT2D eigenvalue weighted by Gasteiger charge is -2.18.